The molecule has 5 N–H and O–H groups in total. The summed E-state index contributed by atoms with van der Waals surface area (Å²) in [5.74, 6) is 1.34. The van der Waals surface area contributed by atoms with Gasteiger partial charge in [0.25, 0.3) is 0 Å². The molecule has 0 unspecified atom stereocenters. The van der Waals surface area contributed by atoms with Gasteiger partial charge in [0, 0.05) is 93.5 Å². The van der Waals surface area contributed by atoms with Crippen LogP contribution in [0.2, 0.25) is 0 Å². The van der Waals surface area contributed by atoms with Gasteiger partial charge in [-0.15, -0.1) is 0 Å². The van der Waals surface area contributed by atoms with Crippen molar-refractivity contribution in [1.82, 2.24) is 34.3 Å². The molecular weight excluding hydrogens is 664 g/mol. The van der Waals surface area contributed by atoms with Crippen LogP contribution in [0.1, 0.15) is 72.3 Å². The Hall–Kier alpha value is -5.36. The third-order valence-electron chi connectivity index (χ3n) is 5.83. The highest BCUT2D eigenvalue weighted by Gasteiger charge is 2.16. The summed E-state index contributed by atoms with van der Waals surface area (Å²) >= 11 is 0. The normalized spacial score (nSPS) is 9.71. The molecule has 0 radical (unpaired) electrons. The third kappa shape index (κ3) is 22.8. The summed E-state index contributed by atoms with van der Waals surface area (Å²) in [7, 11) is 12.4. The zero-order valence-electron chi connectivity index (χ0n) is 31.7. The lowest BCUT2D eigenvalue weighted by Crippen LogP contribution is -2.34. The zero-order valence-corrected chi connectivity index (χ0v) is 31.7. The predicted octanol–water partition coefficient (Wildman–Crippen LogP) is 2.69. The number of carbonyl (C=O) groups is 6. The van der Waals surface area contributed by atoms with E-state index < -0.39 is 11.7 Å². The highest BCUT2D eigenvalue weighted by molar-refractivity contribution is 5.90. The van der Waals surface area contributed by atoms with E-state index in [1.807, 2.05) is 34.3 Å². The summed E-state index contributed by atoms with van der Waals surface area (Å²) in [5.41, 5.74) is 1.07. The van der Waals surface area contributed by atoms with Crippen molar-refractivity contribution < 1.29 is 38.2 Å². The van der Waals surface area contributed by atoms with Crippen molar-refractivity contribution in [1.29, 1.82) is 0 Å². The number of ether oxygens (including phenoxy) is 2. The van der Waals surface area contributed by atoms with E-state index >= 15 is 0 Å². The van der Waals surface area contributed by atoms with Crippen LogP contribution in [0.5, 0.6) is 0 Å². The van der Waals surface area contributed by atoms with Crippen molar-refractivity contribution in [2.24, 2.45) is 21.1 Å². The van der Waals surface area contributed by atoms with E-state index in [1.165, 1.54) is 10.8 Å². The summed E-state index contributed by atoms with van der Waals surface area (Å²) in [5, 5.41) is 13.6. The third-order valence-corrected chi connectivity index (χ3v) is 5.83. The van der Waals surface area contributed by atoms with Crippen LogP contribution in [-0.4, -0.2) is 114 Å². The lowest BCUT2D eigenvalue weighted by molar-refractivity contribution is -0.116. The van der Waals surface area contributed by atoms with Crippen LogP contribution in [0.4, 0.5) is 22.1 Å². The van der Waals surface area contributed by atoms with Gasteiger partial charge in [-0.1, -0.05) is 0 Å². The standard InChI is InChI=1S/C13H20N4O4.C7H10N2O.C6H9N3O.C4H9NO.C3H8O/c1-13(2,3)21-12(20)14-6-5-11(19)16-9-7-17(4)10(8-18)15-9;1-8-6-3-7(5-10)9(2)4-6;1-7-5-3-9(2)6(4-10)8-5;1-5-3-2-4-6;1-3-4-2/h7-8H,5-6H2,1-4H3,(H,14,20)(H,16,19);3-5,8H,1-2H3;3-4,7H,1-2H3;4-5H,2-3H2,1H3;3H2,1-2H3. The maximum Gasteiger partial charge on any atom is 0.407 e. The number of hydrogen-bond donors (Lipinski definition) is 5. The number of nitrogens with zero attached hydrogens (tertiary/aromatic N) is 5. The van der Waals surface area contributed by atoms with Crippen molar-refractivity contribution >= 4 is 54.5 Å². The Labute approximate surface area is 300 Å². The first-order valence-corrected chi connectivity index (χ1v) is 15.9. The van der Waals surface area contributed by atoms with Gasteiger partial charge in [-0.2, -0.15) is 0 Å². The van der Waals surface area contributed by atoms with E-state index in [2.05, 4.69) is 41.3 Å². The monoisotopic (exact) mass is 720 g/mol. The van der Waals surface area contributed by atoms with Gasteiger partial charge in [-0.3, -0.25) is 19.2 Å². The highest BCUT2D eigenvalue weighted by atomic mass is 16.6. The van der Waals surface area contributed by atoms with Crippen molar-refractivity contribution in [3.05, 3.63) is 42.0 Å². The SMILES string of the molecule is CCOC.CNCCC=O.CNc1cc(C=O)n(C)c1.CNc1cn(C)c(C=O)n1.Cn1cc(NC(=O)CCNC(=O)OC(C)(C)C)nc1C=O. The molecule has 0 aromatic carbocycles. The van der Waals surface area contributed by atoms with Gasteiger partial charge < -0.3 is 54.6 Å². The van der Waals surface area contributed by atoms with Gasteiger partial charge in [-0.05, 0) is 40.8 Å². The van der Waals surface area contributed by atoms with Crippen molar-refractivity contribution in [2.45, 2.75) is 46.1 Å². The molecule has 0 aliphatic rings. The zero-order chi connectivity index (χ0) is 39.4. The number of anilines is 3. The molecule has 3 aromatic heterocycles. The molecule has 0 spiro atoms. The van der Waals surface area contributed by atoms with Gasteiger partial charge in [-0.25, -0.2) is 14.8 Å². The summed E-state index contributed by atoms with van der Waals surface area (Å²) in [6, 6.07) is 1.80. The summed E-state index contributed by atoms with van der Waals surface area (Å²) in [4.78, 5) is 71.6. The summed E-state index contributed by atoms with van der Waals surface area (Å²) in [6.45, 7) is 8.98. The minimum atomic E-state index is -0.578. The number of amides is 2. The maximum atomic E-state index is 11.6. The number of hydrogen-bond acceptors (Lipinski definition) is 13. The topological polar surface area (TPSA) is 222 Å². The smallest absolute Gasteiger partial charge is 0.407 e. The maximum absolute atomic E-state index is 11.6. The van der Waals surface area contributed by atoms with E-state index in [9.17, 15) is 28.8 Å². The molecule has 0 aliphatic heterocycles. The van der Waals surface area contributed by atoms with E-state index in [0.29, 0.717) is 35.9 Å². The lowest BCUT2D eigenvalue weighted by atomic mass is 10.2. The Morgan fingerprint density at radius 1 is 0.824 bits per heavy atom. The minimum absolute atomic E-state index is 0.0756. The van der Waals surface area contributed by atoms with Gasteiger partial charge in [0.1, 0.15) is 17.7 Å². The van der Waals surface area contributed by atoms with Crippen molar-refractivity contribution in [3.8, 4) is 0 Å². The first kappa shape index (κ1) is 47.8. The molecule has 0 fully saturated rings. The molecule has 286 valence electrons. The largest absolute Gasteiger partial charge is 0.444 e. The predicted molar refractivity (Wildman–Crippen MR) is 197 cm³/mol. The van der Waals surface area contributed by atoms with E-state index in [1.54, 1.807) is 70.4 Å². The van der Waals surface area contributed by atoms with Crippen LogP contribution >= 0.6 is 0 Å². The molecule has 18 nitrogen and oxygen atoms in total. The summed E-state index contributed by atoms with van der Waals surface area (Å²) < 4.78 is 14.5. The number of aryl methyl sites for hydroxylation is 3. The van der Waals surface area contributed by atoms with Crippen molar-refractivity contribution in [2.75, 3.05) is 63.9 Å². The fourth-order valence-corrected chi connectivity index (χ4v) is 3.20. The minimum Gasteiger partial charge on any atom is -0.444 e. The van der Waals surface area contributed by atoms with Gasteiger partial charge >= 0.3 is 6.09 Å². The molecule has 0 saturated carbocycles. The number of aldehydes is 4. The Morgan fingerprint density at radius 2 is 1.37 bits per heavy atom. The Balaban J connectivity index is 0. The Morgan fingerprint density at radius 3 is 1.71 bits per heavy atom. The van der Waals surface area contributed by atoms with E-state index in [4.69, 9.17) is 4.74 Å². The van der Waals surface area contributed by atoms with Crippen LogP contribution in [0.15, 0.2) is 24.7 Å². The molecule has 0 saturated heterocycles. The molecule has 2 amide bonds. The second-order valence-corrected chi connectivity index (χ2v) is 11.2. The van der Waals surface area contributed by atoms with Crippen LogP contribution in [0.3, 0.4) is 0 Å². The van der Waals surface area contributed by atoms with E-state index in [0.717, 1.165) is 37.7 Å². The number of aromatic nitrogens is 5. The fourth-order valence-electron chi connectivity index (χ4n) is 3.20. The summed E-state index contributed by atoms with van der Waals surface area (Å²) in [6.07, 6.45) is 8.33. The molecule has 0 bridgehead atoms. The number of rotatable bonds is 13. The highest BCUT2D eigenvalue weighted by Crippen LogP contribution is 2.09. The van der Waals surface area contributed by atoms with Gasteiger partial charge in [0.05, 0.1) is 11.4 Å². The second-order valence-electron chi connectivity index (χ2n) is 11.2. The quantitative estimate of drug-likeness (QED) is 0.127. The second kappa shape index (κ2) is 27.5. The molecule has 3 heterocycles. The molecule has 51 heavy (non-hydrogen) atoms. The van der Waals surface area contributed by atoms with Crippen LogP contribution in [-0.2, 0) is 40.2 Å². The first-order chi connectivity index (χ1) is 24.1. The molecule has 0 atom stereocenters. The molecule has 0 aliphatic carbocycles. The van der Waals surface area contributed by atoms with Crippen molar-refractivity contribution in [3.63, 3.8) is 0 Å². The number of alkyl carbamates (subject to hydrolysis) is 1. The van der Waals surface area contributed by atoms with Crippen LogP contribution < -0.4 is 26.6 Å². The Bertz CT molecular complexity index is 1400. The molecule has 3 aromatic rings. The molecule has 3 rings (SSSR count). The number of carbonyl (C=O) groups excluding carboxylic acids is 6. The number of imidazole rings is 2. The van der Waals surface area contributed by atoms with Gasteiger partial charge in [0.2, 0.25) is 5.91 Å². The van der Waals surface area contributed by atoms with Crippen LogP contribution in [0.25, 0.3) is 0 Å². The number of nitrogens with one attached hydrogen (secondary N) is 5. The average molecular weight is 721 g/mol. The van der Waals surface area contributed by atoms with Crippen LogP contribution in [0, 0.1) is 0 Å². The van der Waals surface area contributed by atoms with Gasteiger partial charge in [0.15, 0.2) is 36.3 Å². The fraction of sp³-hybridized carbons (Fsp3) is 0.515. The first-order valence-electron chi connectivity index (χ1n) is 15.9. The number of methoxy groups -OCH3 is 1. The van der Waals surface area contributed by atoms with E-state index in [-0.39, 0.29) is 24.7 Å². The molecular formula is C33H56N10O8. The lowest BCUT2D eigenvalue weighted by Gasteiger charge is -2.19. The molecule has 18 heteroatoms. The average Bonchev–Trinajstić information content (AvgIpc) is 3.77. The Kier molecular flexibility index (Phi) is 25.7.